The minimum Gasteiger partial charge on any atom is -0.455 e. The molecule has 1 aromatic heterocycles. The van der Waals surface area contributed by atoms with Crippen molar-refractivity contribution in [1.82, 2.24) is 0 Å². The Hall–Kier alpha value is -6.64. The first-order valence-corrected chi connectivity index (χ1v) is 17.1. The van der Waals surface area contributed by atoms with Gasteiger partial charge in [0.05, 0.1) is 0 Å². The molecule has 10 aromatic rings. The minimum absolute atomic E-state index is 0.913. The summed E-state index contributed by atoms with van der Waals surface area (Å²) in [5.74, 6) is 0. The van der Waals surface area contributed by atoms with Crippen LogP contribution in [0.25, 0.3) is 76.5 Å². The van der Waals surface area contributed by atoms with Gasteiger partial charge in [-0.25, -0.2) is 0 Å². The highest BCUT2D eigenvalue weighted by Gasteiger charge is 2.16. The Morgan fingerprint density at radius 2 is 0.780 bits per heavy atom. The Kier molecular flexibility index (Phi) is 6.53. The lowest BCUT2D eigenvalue weighted by Crippen LogP contribution is -2.09. The minimum atomic E-state index is 0.913. The number of furan rings is 1. The zero-order valence-corrected chi connectivity index (χ0v) is 27.3. The molecule has 0 fully saturated rings. The smallest absolute Gasteiger partial charge is 0.143 e. The van der Waals surface area contributed by atoms with Gasteiger partial charge in [0, 0.05) is 33.4 Å². The summed E-state index contributed by atoms with van der Waals surface area (Å²) < 4.78 is 6.36. The van der Waals surface area contributed by atoms with Crippen molar-refractivity contribution in [3.8, 4) is 22.3 Å². The standard InChI is InChI=1S/C48H31NO/c1-2-11-35(12-3-1)49(37-28-23-33(24-29-37)38-18-10-19-45-44-17-8-9-20-47(44)50-48(38)45)36-26-21-32(22-27-36)34-25-30-43-41-15-5-4-13-39(41)40-14-6-7-16-42(40)46(43)31-34/h1-31H. The second-order valence-corrected chi connectivity index (χ2v) is 12.9. The quantitative estimate of drug-likeness (QED) is 0.175. The molecular formula is C48H31NO. The van der Waals surface area contributed by atoms with Crippen LogP contribution in [0.4, 0.5) is 17.1 Å². The fourth-order valence-electron chi connectivity index (χ4n) is 7.68. The van der Waals surface area contributed by atoms with E-state index in [1.807, 2.05) is 12.1 Å². The normalized spacial score (nSPS) is 11.6. The Balaban J connectivity index is 1.04. The molecule has 0 radical (unpaired) electrons. The van der Waals surface area contributed by atoms with Crippen molar-refractivity contribution in [2.45, 2.75) is 0 Å². The number of hydrogen-bond acceptors (Lipinski definition) is 2. The number of rotatable bonds is 5. The van der Waals surface area contributed by atoms with Crippen LogP contribution in [0.3, 0.4) is 0 Å². The number of fused-ring (bicyclic) bond motifs is 9. The van der Waals surface area contributed by atoms with E-state index >= 15 is 0 Å². The summed E-state index contributed by atoms with van der Waals surface area (Å²) in [6, 6.07) is 67.4. The molecule has 0 unspecified atom stereocenters. The van der Waals surface area contributed by atoms with Gasteiger partial charge in [-0.15, -0.1) is 0 Å². The summed E-state index contributed by atoms with van der Waals surface area (Å²) in [5, 5.41) is 10.0. The maximum Gasteiger partial charge on any atom is 0.143 e. The van der Waals surface area contributed by atoms with Crippen LogP contribution in [0.2, 0.25) is 0 Å². The van der Waals surface area contributed by atoms with Gasteiger partial charge in [-0.2, -0.15) is 0 Å². The number of anilines is 3. The molecule has 50 heavy (non-hydrogen) atoms. The van der Waals surface area contributed by atoms with E-state index in [2.05, 4.69) is 181 Å². The Labute approximate surface area is 290 Å². The van der Waals surface area contributed by atoms with Crippen molar-refractivity contribution in [3.05, 3.63) is 188 Å². The van der Waals surface area contributed by atoms with E-state index in [9.17, 15) is 0 Å². The first-order chi connectivity index (χ1) is 24.8. The lowest BCUT2D eigenvalue weighted by atomic mass is 9.92. The maximum absolute atomic E-state index is 6.36. The zero-order valence-electron chi connectivity index (χ0n) is 27.3. The van der Waals surface area contributed by atoms with E-state index in [-0.39, 0.29) is 0 Å². The first kappa shape index (κ1) is 28.4. The van der Waals surface area contributed by atoms with Gasteiger partial charge in [0.2, 0.25) is 0 Å². The third-order valence-electron chi connectivity index (χ3n) is 10.1. The van der Waals surface area contributed by atoms with Gasteiger partial charge >= 0.3 is 0 Å². The molecule has 0 N–H and O–H groups in total. The number of nitrogens with zero attached hydrogens (tertiary/aromatic N) is 1. The number of hydrogen-bond donors (Lipinski definition) is 0. The van der Waals surface area contributed by atoms with Gasteiger partial charge in [0.25, 0.3) is 0 Å². The monoisotopic (exact) mass is 637 g/mol. The van der Waals surface area contributed by atoms with Crippen LogP contribution >= 0.6 is 0 Å². The van der Waals surface area contributed by atoms with Crippen molar-refractivity contribution in [1.29, 1.82) is 0 Å². The molecule has 10 rings (SSSR count). The molecule has 0 bridgehead atoms. The second-order valence-electron chi connectivity index (χ2n) is 12.9. The largest absolute Gasteiger partial charge is 0.455 e. The van der Waals surface area contributed by atoms with Gasteiger partial charge in [-0.3, -0.25) is 0 Å². The van der Waals surface area contributed by atoms with Gasteiger partial charge < -0.3 is 9.32 Å². The molecule has 2 nitrogen and oxygen atoms in total. The van der Waals surface area contributed by atoms with E-state index in [0.717, 1.165) is 50.1 Å². The molecule has 0 aliphatic heterocycles. The van der Waals surface area contributed by atoms with Crippen LogP contribution in [0.5, 0.6) is 0 Å². The van der Waals surface area contributed by atoms with Gasteiger partial charge in [0.1, 0.15) is 11.2 Å². The summed E-state index contributed by atoms with van der Waals surface area (Å²) in [6.07, 6.45) is 0. The van der Waals surface area contributed by atoms with Crippen LogP contribution in [0.1, 0.15) is 0 Å². The third kappa shape index (κ3) is 4.57. The van der Waals surface area contributed by atoms with E-state index in [1.54, 1.807) is 0 Å². The lowest BCUT2D eigenvalue weighted by Gasteiger charge is -2.26. The number of benzene rings is 9. The maximum atomic E-state index is 6.36. The molecule has 9 aromatic carbocycles. The molecule has 0 saturated carbocycles. The molecule has 234 valence electrons. The van der Waals surface area contributed by atoms with Crippen molar-refractivity contribution in [2.75, 3.05) is 4.90 Å². The highest BCUT2D eigenvalue weighted by Crippen LogP contribution is 2.41. The average Bonchev–Trinajstić information content (AvgIpc) is 3.58. The van der Waals surface area contributed by atoms with E-state index in [0.29, 0.717) is 0 Å². The summed E-state index contributed by atoms with van der Waals surface area (Å²) in [5.41, 5.74) is 9.75. The molecule has 0 atom stereocenters. The summed E-state index contributed by atoms with van der Waals surface area (Å²) in [7, 11) is 0. The molecule has 1 heterocycles. The van der Waals surface area contributed by atoms with Crippen molar-refractivity contribution in [3.63, 3.8) is 0 Å². The Morgan fingerprint density at radius 3 is 1.44 bits per heavy atom. The summed E-state index contributed by atoms with van der Waals surface area (Å²) in [4.78, 5) is 2.31. The predicted octanol–water partition coefficient (Wildman–Crippen LogP) is 13.8. The SMILES string of the molecule is c1ccc(N(c2ccc(-c3ccc4c5ccccc5c5ccccc5c4c3)cc2)c2ccc(-c3cccc4c3oc3ccccc34)cc2)cc1. The third-order valence-corrected chi connectivity index (χ3v) is 10.1. The van der Waals surface area contributed by atoms with E-state index in [1.165, 1.54) is 43.4 Å². The number of para-hydroxylation sites is 3. The molecule has 0 amide bonds. The molecule has 0 aliphatic rings. The highest BCUT2D eigenvalue weighted by molar-refractivity contribution is 6.25. The van der Waals surface area contributed by atoms with Crippen LogP contribution < -0.4 is 4.90 Å². The molecular weight excluding hydrogens is 607 g/mol. The zero-order chi connectivity index (χ0) is 33.0. The van der Waals surface area contributed by atoms with E-state index < -0.39 is 0 Å². The fraction of sp³-hybridized carbons (Fsp3) is 0. The van der Waals surface area contributed by atoms with E-state index in [4.69, 9.17) is 4.42 Å². The Morgan fingerprint density at radius 1 is 0.300 bits per heavy atom. The summed E-state index contributed by atoms with van der Waals surface area (Å²) in [6.45, 7) is 0. The predicted molar refractivity (Wildman–Crippen MR) is 212 cm³/mol. The summed E-state index contributed by atoms with van der Waals surface area (Å²) >= 11 is 0. The first-order valence-electron chi connectivity index (χ1n) is 17.1. The molecule has 2 heteroatoms. The Bertz CT molecular complexity index is 2810. The topological polar surface area (TPSA) is 16.4 Å². The van der Waals surface area contributed by atoms with Crippen LogP contribution in [-0.4, -0.2) is 0 Å². The second kappa shape index (κ2) is 11.5. The van der Waals surface area contributed by atoms with Crippen molar-refractivity contribution < 1.29 is 4.42 Å². The van der Waals surface area contributed by atoms with Gasteiger partial charge in [-0.05, 0) is 97.5 Å². The van der Waals surface area contributed by atoms with Crippen LogP contribution in [-0.2, 0) is 0 Å². The lowest BCUT2D eigenvalue weighted by molar-refractivity contribution is 0.670. The van der Waals surface area contributed by atoms with Gasteiger partial charge in [0.15, 0.2) is 0 Å². The van der Waals surface area contributed by atoms with Gasteiger partial charge in [-0.1, -0.05) is 140 Å². The van der Waals surface area contributed by atoms with Crippen LogP contribution in [0.15, 0.2) is 192 Å². The molecule has 0 aliphatic carbocycles. The average molecular weight is 638 g/mol. The molecule has 0 spiro atoms. The fourth-order valence-corrected chi connectivity index (χ4v) is 7.68. The van der Waals surface area contributed by atoms with Crippen LogP contribution in [0, 0.1) is 0 Å². The van der Waals surface area contributed by atoms with Crippen molar-refractivity contribution in [2.24, 2.45) is 0 Å². The van der Waals surface area contributed by atoms with Crippen molar-refractivity contribution >= 4 is 71.3 Å². The molecule has 0 saturated heterocycles. The highest BCUT2D eigenvalue weighted by atomic mass is 16.3.